The molecule has 1 amide bonds. The van der Waals surface area contributed by atoms with Crippen molar-refractivity contribution in [3.05, 3.63) is 24.8 Å². The lowest BCUT2D eigenvalue weighted by Gasteiger charge is -2.33. The summed E-state index contributed by atoms with van der Waals surface area (Å²) < 4.78 is 2.09. The number of hydrogen-bond acceptors (Lipinski definition) is 6. The topological polar surface area (TPSA) is 120 Å². The van der Waals surface area contributed by atoms with Crippen molar-refractivity contribution in [3.8, 4) is 0 Å². The summed E-state index contributed by atoms with van der Waals surface area (Å²) in [6, 6.07) is 0.155. The largest absolute Gasteiger partial charge is 0.465 e. The van der Waals surface area contributed by atoms with Gasteiger partial charge in [-0.3, -0.25) is 14.9 Å². The monoisotopic (exact) mass is 521 g/mol. The summed E-state index contributed by atoms with van der Waals surface area (Å²) >= 11 is 0. The van der Waals surface area contributed by atoms with Crippen molar-refractivity contribution in [2.75, 3.05) is 12.4 Å². The quantitative estimate of drug-likeness (QED) is 0.275. The lowest BCUT2D eigenvalue weighted by molar-refractivity contribution is 0.175. The summed E-state index contributed by atoms with van der Waals surface area (Å²) in [6.45, 7) is 19.8. The molecule has 2 aromatic rings. The van der Waals surface area contributed by atoms with Crippen molar-refractivity contribution >= 4 is 40.2 Å². The van der Waals surface area contributed by atoms with Gasteiger partial charge in [-0.15, -0.1) is 0 Å². The number of anilines is 1. The molecule has 9 heteroatoms. The van der Waals surface area contributed by atoms with Gasteiger partial charge in [0, 0.05) is 18.8 Å². The smallest absolute Gasteiger partial charge is 0.412 e. The van der Waals surface area contributed by atoms with E-state index in [9.17, 15) is 9.90 Å². The van der Waals surface area contributed by atoms with E-state index in [2.05, 4.69) is 62.6 Å². The fraction of sp³-hybridized carbons (Fsp3) is 0.621. The maximum Gasteiger partial charge on any atom is 0.412 e. The van der Waals surface area contributed by atoms with Crippen molar-refractivity contribution in [3.63, 3.8) is 0 Å². The highest BCUT2D eigenvalue weighted by atomic mass is 16.4. The van der Waals surface area contributed by atoms with Gasteiger partial charge in [0.1, 0.15) is 11.3 Å². The van der Waals surface area contributed by atoms with Gasteiger partial charge < -0.3 is 10.4 Å². The zero-order valence-electron chi connectivity index (χ0n) is 23.8. The van der Waals surface area contributed by atoms with Crippen LogP contribution < -0.4 is 5.32 Å². The van der Waals surface area contributed by atoms with Gasteiger partial charge in [0.25, 0.3) is 0 Å². The minimum atomic E-state index is -1.25. The summed E-state index contributed by atoms with van der Waals surface area (Å²) in [5, 5.41) is 21.6. The Balaban J connectivity index is 1.92. The molecule has 9 nitrogen and oxygen atoms in total. The van der Waals surface area contributed by atoms with E-state index < -0.39 is 6.09 Å². The Kier molecular flexibility index (Phi) is 7.68. The van der Waals surface area contributed by atoms with Crippen LogP contribution in [0.1, 0.15) is 91.2 Å². The van der Waals surface area contributed by atoms with Gasteiger partial charge in [-0.25, -0.2) is 19.7 Å². The van der Waals surface area contributed by atoms with E-state index in [-0.39, 0.29) is 23.1 Å². The first-order valence-electron chi connectivity index (χ1n) is 13.8. The van der Waals surface area contributed by atoms with Crippen LogP contribution in [0.4, 0.5) is 10.6 Å². The highest BCUT2D eigenvalue weighted by Gasteiger charge is 2.32. The number of carboxylic acid groups (broad SMARTS) is 1. The third-order valence-electron chi connectivity index (χ3n) is 8.52. The minimum absolute atomic E-state index is 0.0142. The molecule has 206 valence electrons. The Bertz CT molecular complexity index is 1260. The van der Waals surface area contributed by atoms with Crippen LogP contribution in [-0.2, 0) is 0 Å². The molecule has 0 unspecified atom stereocenters. The number of carbonyl (C=O) groups is 1. The molecule has 38 heavy (non-hydrogen) atoms. The van der Waals surface area contributed by atoms with Crippen LogP contribution in [-0.4, -0.2) is 54.5 Å². The molecule has 0 aromatic carbocycles. The number of nitrogens with zero attached hydrogens (tertiary/aromatic N) is 5. The predicted octanol–water partition coefficient (Wildman–Crippen LogP) is 6.72. The van der Waals surface area contributed by atoms with Gasteiger partial charge in [-0.05, 0) is 61.3 Å². The highest BCUT2D eigenvalue weighted by Crippen LogP contribution is 2.41. The van der Waals surface area contributed by atoms with Crippen molar-refractivity contribution < 1.29 is 9.90 Å². The number of fused-ring (bicyclic) bond motifs is 1. The Morgan fingerprint density at radius 3 is 2.29 bits per heavy atom. The van der Waals surface area contributed by atoms with E-state index in [1.165, 1.54) is 13.5 Å². The van der Waals surface area contributed by atoms with Gasteiger partial charge in [-0.2, -0.15) is 0 Å². The van der Waals surface area contributed by atoms with Gasteiger partial charge in [0.2, 0.25) is 0 Å². The third kappa shape index (κ3) is 5.33. The van der Waals surface area contributed by atoms with Crippen LogP contribution >= 0.6 is 0 Å². The van der Waals surface area contributed by atoms with Crippen LogP contribution in [0.2, 0.25) is 0 Å². The molecular formula is C29H43N7O2. The van der Waals surface area contributed by atoms with Crippen LogP contribution in [0, 0.1) is 28.6 Å². The van der Waals surface area contributed by atoms with E-state index >= 15 is 0 Å². The number of amidine groups is 1. The number of amides is 1. The molecule has 2 heterocycles. The molecule has 1 atom stereocenters. The van der Waals surface area contributed by atoms with E-state index in [4.69, 9.17) is 15.4 Å². The average Bonchev–Trinajstić information content (AvgIpc) is 3.20. The number of hydrogen-bond donors (Lipinski definition) is 3. The second kappa shape index (κ2) is 10.5. The number of aromatic nitrogens is 4. The Hall–Kier alpha value is -3.23. The average molecular weight is 522 g/mol. The highest BCUT2D eigenvalue weighted by molar-refractivity contribution is 6.03. The van der Waals surface area contributed by atoms with E-state index in [0.29, 0.717) is 35.0 Å². The van der Waals surface area contributed by atoms with Crippen molar-refractivity contribution in [2.24, 2.45) is 23.2 Å². The summed E-state index contributed by atoms with van der Waals surface area (Å²) in [5.74, 6) is 2.52. The fourth-order valence-corrected chi connectivity index (χ4v) is 5.30. The van der Waals surface area contributed by atoms with Gasteiger partial charge >= 0.3 is 6.09 Å². The number of allylic oxidation sites excluding steroid dienone is 2. The molecule has 2 aliphatic rings. The Labute approximate surface area is 226 Å². The third-order valence-corrected chi connectivity index (χ3v) is 8.52. The van der Waals surface area contributed by atoms with Crippen LogP contribution in [0.15, 0.2) is 13.2 Å². The van der Waals surface area contributed by atoms with Crippen molar-refractivity contribution in [2.45, 2.75) is 85.6 Å². The minimum Gasteiger partial charge on any atom is -0.465 e. The molecule has 0 bridgehead atoms. The zero-order chi connectivity index (χ0) is 27.9. The normalized spacial score (nSPS) is 21.0. The van der Waals surface area contributed by atoms with Crippen LogP contribution in [0.3, 0.4) is 0 Å². The molecular weight excluding hydrogens is 478 g/mol. The summed E-state index contributed by atoms with van der Waals surface area (Å²) in [4.78, 5) is 26.7. The van der Waals surface area contributed by atoms with Crippen molar-refractivity contribution in [1.29, 1.82) is 5.41 Å². The SMILES string of the molecule is C=C(C1CCC(C)CC1)n1c(C(=C)C(C)(C)C)nc2nc(C(=N)N(C)C(=O)O)nc(N[C@H](C)C3CCC3)c21. The molecule has 4 rings (SSSR count). The summed E-state index contributed by atoms with van der Waals surface area (Å²) in [6.07, 6.45) is 6.74. The Morgan fingerprint density at radius 2 is 1.76 bits per heavy atom. The van der Waals surface area contributed by atoms with E-state index in [1.54, 1.807) is 0 Å². The fourth-order valence-electron chi connectivity index (χ4n) is 5.30. The second-order valence-corrected chi connectivity index (χ2v) is 12.3. The maximum atomic E-state index is 11.6. The number of imidazole rings is 1. The Morgan fingerprint density at radius 1 is 1.13 bits per heavy atom. The first kappa shape index (κ1) is 27.8. The standard InChI is InChI=1S/C29H43N7O2/c1-16-12-14-21(15-13-16)19(4)36-22-24(31-18(3)20-10-9-11-20)32-26(23(30)35(8)28(37)38)33-25(22)34-27(36)17(2)29(5,6)7/h16,18,20-21,30H,2,4,9-15H2,1,3,5-8H3,(H,37,38)(H,31,32,33)/t16?,18-,21?/m1/s1. The molecule has 0 spiro atoms. The van der Waals surface area contributed by atoms with E-state index in [0.717, 1.165) is 60.2 Å². The van der Waals surface area contributed by atoms with Gasteiger partial charge in [0.05, 0.1) is 0 Å². The molecule has 3 N–H and O–H groups in total. The molecule has 0 saturated heterocycles. The molecule has 2 fully saturated rings. The van der Waals surface area contributed by atoms with Gasteiger partial charge in [-0.1, -0.05) is 60.1 Å². The van der Waals surface area contributed by atoms with Gasteiger partial charge in [0.15, 0.2) is 23.1 Å². The zero-order valence-corrected chi connectivity index (χ0v) is 23.8. The second-order valence-electron chi connectivity index (χ2n) is 12.3. The molecule has 0 radical (unpaired) electrons. The molecule has 2 saturated carbocycles. The molecule has 0 aliphatic heterocycles. The predicted molar refractivity (Wildman–Crippen MR) is 153 cm³/mol. The number of nitrogens with one attached hydrogen (secondary N) is 2. The number of rotatable bonds is 7. The first-order valence-corrected chi connectivity index (χ1v) is 13.8. The summed E-state index contributed by atoms with van der Waals surface area (Å²) in [7, 11) is 1.32. The lowest BCUT2D eigenvalue weighted by atomic mass is 9.80. The van der Waals surface area contributed by atoms with Crippen LogP contribution in [0.25, 0.3) is 22.4 Å². The molecule has 2 aromatic heterocycles. The summed E-state index contributed by atoms with van der Waals surface area (Å²) in [5.41, 5.74) is 2.70. The maximum absolute atomic E-state index is 11.6. The lowest BCUT2D eigenvalue weighted by Crippen LogP contribution is -2.34. The van der Waals surface area contributed by atoms with Crippen LogP contribution in [0.5, 0.6) is 0 Å². The van der Waals surface area contributed by atoms with E-state index in [1.807, 2.05) is 0 Å². The first-order chi connectivity index (χ1) is 17.8. The van der Waals surface area contributed by atoms with Crippen molar-refractivity contribution in [1.82, 2.24) is 24.4 Å². The molecule has 2 aliphatic carbocycles.